The summed E-state index contributed by atoms with van der Waals surface area (Å²) in [7, 11) is 2.14. The van der Waals surface area contributed by atoms with E-state index in [0.29, 0.717) is 12.8 Å². The second-order valence-electron chi connectivity index (χ2n) is 13.4. The maximum atomic E-state index is 12.5. The molecule has 0 bridgehead atoms. The number of fused-ring (bicyclic) bond motifs is 2. The van der Waals surface area contributed by atoms with E-state index in [2.05, 4.69) is 135 Å². The molecule has 6 heteroatoms. The van der Waals surface area contributed by atoms with Crippen LogP contribution < -0.4 is 10.2 Å². The molecule has 2 aliphatic heterocycles. The fraction of sp³-hybridized carbons (Fsp3) is 0.462. The summed E-state index contributed by atoms with van der Waals surface area (Å²) in [6, 6.07) is 16.5. The number of hydrogen-bond donors (Lipinski definition) is 2. The topological polar surface area (TPSA) is 72.7 Å². The molecule has 2 heterocycles. The van der Waals surface area contributed by atoms with Crippen molar-refractivity contribution in [2.24, 2.45) is 0 Å². The lowest BCUT2D eigenvalue weighted by Gasteiger charge is -2.27. The summed E-state index contributed by atoms with van der Waals surface area (Å²) < 4.78 is 2.29. The number of hydrogen-bond acceptors (Lipinski definition) is 3. The van der Waals surface area contributed by atoms with Crippen LogP contribution in [0.25, 0.3) is 0 Å². The van der Waals surface area contributed by atoms with Crippen molar-refractivity contribution in [2.75, 3.05) is 18.5 Å². The highest BCUT2D eigenvalue weighted by molar-refractivity contribution is 6.03. The van der Waals surface area contributed by atoms with Crippen LogP contribution in [0.15, 0.2) is 84.6 Å². The van der Waals surface area contributed by atoms with E-state index in [1.165, 1.54) is 33.9 Å². The second-order valence-corrected chi connectivity index (χ2v) is 13.4. The first-order valence-corrected chi connectivity index (χ1v) is 16.7. The van der Waals surface area contributed by atoms with Gasteiger partial charge in [0.2, 0.25) is 11.6 Å². The van der Waals surface area contributed by atoms with Crippen LogP contribution in [0.4, 0.5) is 11.4 Å². The van der Waals surface area contributed by atoms with Crippen LogP contribution in [-0.2, 0) is 20.4 Å². The van der Waals surface area contributed by atoms with Gasteiger partial charge in [0.1, 0.15) is 13.1 Å². The zero-order valence-corrected chi connectivity index (χ0v) is 28.1. The predicted octanol–water partition coefficient (Wildman–Crippen LogP) is 8.20. The summed E-state index contributed by atoms with van der Waals surface area (Å²) in [5, 5.41) is 12.2. The van der Waals surface area contributed by atoms with Gasteiger partial charge in [-0.2, -0.15) is 4.58 Å². The van der Waals surface area contributed by atoms with Crippen molar-refractivity contribution < 1.29 is 19.3 Å². The Morgan fingerprint density at radius 1 is 0.889 bits per heavy atom. The Morgan fingerprint density at radius 3 is 2.31 bits per heavy atom. The molecule has 1 atom stereocenters. The molecule has 0 fully saturated rings. The Bertz CT molecular complexity index is 1490. The average Bonchev–Trinajstić information content (AvgIpc) is 3.34. The fourth-order valence-corrected chi connectivity index (χ4v) is 6.90. The number of amides is 1. The van der Waals surface area contributed by atoms with Crippen molar-refractivity contribution in [2.45, 2.75) is 103 Å². The second kappa shape index (κ2) is 14.9. The maximum Gasteiger partial charge on any atom is 0.326 e. The van der Waals surface area contributed by atoms with E-state index in [1.54, 1.807) is 0 Å². The lowest BCUT2D eigenvalue weighted by atomic mass is 9.81. The Kier molecular flexibility index (Phi) is 11.2. The molecule has 6 nitrogen and oxygen atoms in total. The molecule has 45 heavy (non-hydrogen) atoms. The monoisotopic (exact) mass is 610 g/mol. The number of aliphatic carboxylic acids is 1. The summed E-state index contributed by atoms with van der Waals surface area (Å²) in [5.41, 5.74) is 7.56. The van der Waals surface area contributed by atoms with Crippen molar-refractivity contribution in [3.63, 3.8) is 0 Å². The average molecular weight is 611 g/mol. The summed E-state index contributed by atoms with van der Waals surface area (Å²) in [4.78, 5) is 26.4. The molecule has 0 saturated heterocycles. The standard InChI is InChI=1S/C39H51N3O3/c1-7-8-11-22-31(37(44)45)40-36(43)27-14-10-19-28-42-33-24-18-16-21-30(33)39(4,5)35(42)26-13-9-12-25-34-38(2,3)29-20-15-17-23-32(29)41(34)6/h9,12-13,15-18,20-21,23-26,31H,7-8,10-11,14,19,22,27-28H2,1-6H3,(H-,40,43,44,45)/p+1. The first-order valence-electron chi connectivity index (χ1n) is 16.7. The van der Waals surface area contributed by atoms with E-state index in [9.17, 15) is 14.7 Å². The van der Waals surface area contributed by atoms with Crippen LogP contribution in [0.3, 0.4) is 0 Å². The van der Waals surface area contributed by atoms with Crippen LogP contribution in [-0.4, -0.2) is 46.9 Å². The van der Waals surface area contributed by atoms with Gasteiger partial charge < -0.3 is 15.3 Å². The smallest absolute Gasteiger partial charge is 0.326 e. The zero-order chi connectivity index (χ0) is 32.6. The van der Waals surface area contributed by atoms with Crippen LogP contribution in [0.2, 0.25) is 0 Å². The van der Waals surface area contributed by atoms with Gasteiger partial charge in [-0.1, -0.05) is 101 Å². The first kappa shape index (κ1) is 34.0. The van der Waals surface area contributed by atoms with E-state index >= 15 is 0 Å². The third-order valence-corrected chi connectivity index (χ3v) is 9.49. The number of carboxylic acid groups (broad SMARTS) is 1. The summed E-state index contributed by atoms with van der Waals surface area (Å²) in [6.45, 7) is 12.1. The highest BCUT2D eigenvalue weighted by Crippen LogP contribution is 2.47. The van der Waals surface area contributed by atoms with Gasteiger partial charge in [-0.25, -0.2) is 4.79 Å². The maximum absolute atomic E-state index is 12.5. The van der Waals surface area contributed by atoms with Gasteiger partial charge >= 0.3 is 5.97 Å². The molecule has 4 rings (SSSR count). The van der Waals surface area contributed by atoms with Crippen molar-refractivity contribution in [3.05, 3.63) is 95.7 Å². The zero-order valence-electron chi connectivity index (χ0n) is 28.1. The Balaban J connectivity index is 1.37. The van der Waals surface area contributed by atoms with Crippen LogP contribution in [0.5, 0.6) is 0 Å². The van der Waals surface area contributed by atoms with E-state index in [1.807, 2.05) is 0 Å². The van der Waals surface area contributed by atoms with Gasteiger partial charge in [-0.05, 0) is 50.8 Å². The van der Waals surface area contributed by atoms with Crippen molar-refractivity contribution >= 4 is 29.0 Å². The normalized spacial score (nSPS) is 18.2. The molecule has 2 N–H and O–H groups in total. The van der Waals surface area contributed by atoms with Crippen LogP contribution >= 0.6 is 0 Å². The van der Waals surface area contributed by atoms with Crippen molar-refractivity contribution in [1.29, 1.82) is 0 Å². The minimum atomic E-state index is -0.947. The lowest BCUT2D eigenvalue weighted by Crippen LogP contribution is -2.40. The molecule has 0 aromatic heterocycles. The first-order chi connectivity index (χ1) is 21.5. The number of benzene rings is 2. The van der Waals surface area contributed by atoms with Crippen molar-refractivity contribution in [3.8, 4) is 0 Å². The number of nitrogens with one attached hydrogen (secondary N) is 1. The molecule has 0 spiro atoms. The molecule has 240 valence electrons. The number of anilines is 1. The number of rotatable bonds is 15. The third-order valence-electron chi connectivity index (χ3n) is 9.49. The van der Waals surface area contributed by atoms with Gasteiger partial charge in [0, 0.05) is 47.5 Å². The van der Waals surface area contributed by atoms with Crippen LogP contribution in [0.1, 0.15) is 97.1 Å². The fourth-order valence-electron chi connectivity index (χ4n) is 6.90. The summed E-state index contributed by atoms with van der Waals surface area (Å²) in [6.07, 6.45) is 17.1. The number of allylic oxidation sites excluding steroid dienone is 6. The molecule has 0 saturated carbocycles. The molecular weight excluding hydrogens is 558 g/mol. The molecule has 1 amide bonds. The molecular formula is C39H52N3O3+. The summed E-state index contributed by atoms with van der Waals surface area (Å²) in [5.74, 6) is -1.11. The van der Waals surface area contributed by atoms with Gasteiger partial charge in [-0.3, -0.25) is 4.79 Å². The quantitative estimate of drug-likeness (QED) is 0.121. The Morgan fingerprint density at radius 2 is 1.60 bits per heavy atom. The molecule has 2 aromatic carbocycles. The molecule has 1 unspecified atom stereocenters. The number of carbonyl (C=O) groups excluding carboxylic acids is 1. The number of carboxylic acids is 1. The number of nitrogens with zero attached hydrogens (tertiary/aromatic N) is 2. The number of para-hydroxylation sites is 2. The SMILES string of the molecule is CCCCCC(NC(=O)CCCCCN1C(=CC=CC=CC2=[N+](C)c3ccccc3C2(C)C)C(C)(C)c2ccccc21)C(=O)O. The van der Waals surface area contributed by atoms with Gasteiger partial charge in [0.15, 0.2) is 5.71 Å². The Hall–Kier alpha value is -3.93. The molecule has 0 aliphatic carbocycles. The predicted molar refractivity (Wildman–Crippen MR) is 186 cm³/mol. The highest BCUT2D eigenvalue weighted by Gasteiger charge is 2.42. The number of unbranched alkanes of at least 4 members (excludes halogenated alkanes) is 4. The highest BCUT2D eigenvalue weighted by atomic mass is 16.4. The lowest BCUT2D eigenvalue weighted by molar-refractivity contribution is -0.401. The van der Waals surface area contributed by atoms with E-state index < -0.39 is 12.0 Å². The summed E-state index contributed by atoms with van der Waals surface area (Å²) >= 11 is 0. The van der Waals surface area contributed by atoms with Crippen molar-refractivity contribution in [1.82, 2.24) is 5.32 Å². The molecule has 0 radical (unpaired) electrons. The largest absolute Gasteiger partial charge is 0.480 e. The third kappa shape index (κ3) is 7.66. The Labute approximate surface area is 270 Å². The number of carbonyl (C=O) groups is 2. The van der Waals surface area contributed by atoms with Gasteiger partial charge in [0.25, 0.3) is 0 Å². The van der Waals surface area contributed by atoms with Gasteiger partial charge in [0.05, 0.1) is 5.41 Å². The van der Waals surface area contributed by atoms with E-state index in [4.69, 9.17) is 0 Å². The van der Waals surface area contributed by atoms with Crippen LogP contribution in [0, 0.1) is 0 Å². The molecule has 2 aliphatic rings. The molecule has 2 aromatic rings. The minimum absolute atomic E-state index is 0.0483. The van der Waals surface area contributed by atoms with E-state index in [-0.39, 0.29) is 16.7 Å². The minimum Gasteiger partial charge on any atom is -0.480 e. The van der Waals surface area contributed by atoms with E-state index in [0.717, 1.165) is 45.1 Å². The van der Waals surface area contributed by atoms with Gasteiger partial charge in [-0.15, -0.1) is 0 Å².